The van der Waals surface area contributed by atoms with E-state index in [0.717, 1.165) is 6.92 Å². The summed E-state index contributed by atoms with van der Waals surface area (Å²) in [4.78, 5) is 19.3. The van der Waals surface area contributed by atoms with Crippen molar-refractivity contribution >= 4 is 13.1 Å². The van der Waals surface area contributed by atoms with Gasteiger partial charge in [0.15, 0.2) is 0 Å². The average Bonchev–Trinajstić information content (AvgIpc) is 1.84. The summed E-state index contributed by atoms with van der Waals surface area (Å²) in [5.41, 5.74) is -0.807. The minimum Gasteiger partial charge on any atom is -0.319 e. The van der Waals surface area contributed by atoms with E-state index in [2.05, 4.69) is 4.52 Å². The van der Waals surface area contributed by atoms with Crippen molar-refractivity contribution in [1.82, 2.24) is 0 Å². The zero-order valence-corrected chi connectivity index (χ0v) is 7.80. The summed E-state index contributed by atoms with van der Waals surface area (Å²) in [6.45, 7) is 4.84. The van der Waals surface area contributed by atoms with Crippen molar-refractivity contribution in [3.8, 4) is 0 Å². The Morgan fingerprint density at radius 3 is 2.36 bits per heavy atom. The number of hydrogen-bond donors (Lipinski definition) is 1. The maximum Gasteiger partial charge on any atom is 0.393 e. The Labute approximate surface area is 66.1 Å². The van der Waals surface area contributed by atoms with Crippen LogP contribution in [0.1, 0.15) is 20.8 Å². The van der Waals surface area contributed by atoms with Crippen LogP contribution >= 0.6 is 7.60 Å². The zero-order valence-electron chi connectivity index (χ0n) is 6.90. The fourth-order valence-electron chi connectivity index (χ4n) is 0.341. The standard InChI is InChI=1S/C6H13O4P/c1-5(2)4-10-11(8,9)6(3)7/h5H,4H2,1-3H3,(H,8,9). The van der Waals surface area contributed by atoms with Crippen LogP contribution in [0, 0.1) is 5.92 Å². The minimum atomic E-state index is -3.96. The van der Waals surface area contributed by atoms with E-state index in [1.54, 1.807) is 0 Å². The Hall–Kier alpha value is -0.180. The van der Waals surface area contributed by atoms with Crippen molar-refractivity contribution in [2.75, 3.05) is 6.61 Å². The second kappa shape index (κ2) is 4.00. The Kier molecular flexibility index (Phi) is 3.93. The average molecular weight is 180 g/mol. The number of rotatable bonds is 4. The molecule has 0 aliphatic carbocycles. The highest BCUT2D eigenvalue weighted by Crippen LogP contribution is 2.42. The molecule has 0 fully saturated rings. The molecule has 5 heteroatoms. The molecule has 11 heavy (non-hydrogen) atoms. The van der Waals surface area contributed by atoms with Crippen LogP contribution in [0.3, 0.4) is 0 Å². The highest BCUT2D eigenvalue weighted by molar-refractivity contribution is 7.70. The van der Waals surface area contributed by atoms with Gasteiger partial charge in [-0.25, -0.2) is 0 Å². The van der Waals surface area contributed by atoms with Crippen LogP contribution in [0.4, 0.5) is 0 Å². The highest BCUT2D eigenvalue weighted by atomic mass is 31.2. The van der Waals surface area contributed by atoms with Gasteiger partial charge in [0.1, 0.15) is 0 Å². The first-order valence-electron chi connectivity index (χ1n) is 3.34. The molecular weight excluding hydrogens is 167 g/mol. The Bertz CT molecular complexity index is 187. The topological polar surface area (TPSA) is 63.6 Å². The third-order valence-corrected chi connectivity index (χ3v) is 2.28. The van der Waals surface area contributed by atoms with Gasteiger partial charge in [-0.05, 0) is 5.92 Å². The van der Waals surface area contributed by atoms with Crippen LogP contribution in [0.15, 0.2) is 0 Å². The maximum absolute atomic E-state index is 10.8. The fourth-order valence-corrected chi connectivity index (χ4v) is 1.02. The molecule has 0 aliphatic heterocycles. The van der Waals surface area contributed by atoms with Gasteiger partial charge < -0.3 is 9.42 Å². The van der Waals surface area contributed by atoms with Crippen LogP contribution in [-0.4, -0.2) is 17.0 Å². The van der Waals surface area contributed by atoms with Crippen LogP contribution in [0.5, 0.6) is 0 Å². The quantitative estimate of drug-likeness (QED) is 0.664. The van der Waals surface area contributed by atoms with Crippen molar-refractivity contribution in [3.63, 3.8) is 0 Å². The van der Waals surface area contributed by atoms with Crippen molar-refractivity contribution < 1.29 is 18.8 Å². The molecule has 0 aliphatic rings. The largest absolute Gasteiger partial charge is 0.393 e. The van der Waals surface area contributed by atoms with E-state index in [1.165, 1.54) is 0 Å². The first kappa shape index (κ1) is 10.8. The molecule has 0 spiro atoms. The molecule has 0 aromatic carbocycles. The lowest BCUT2D eigenvalue weighted by atomic mass is 10.2. The first-order valence-corrected chi connectivity index (χ1v) is 4.92. The summed E-state index contributed by atoms with van der Waals surface area (Å²) < 4.78 is 15.3. The smallest absolute Gasteiger partial charge is 0.319 e. The molecular formula is C6H13O4P. The molecule has 0 amide bonds. The lowest BCUT2D eigenvalue weighted by Crippen LogP contribution is -2.04. The summed E-state index contributed by atoms with van der Waals surface area (Å²) in [5.74, 6) is 0.148. The third kappa shape index (κ3) is 4.30. The van der Waals surface area contributed by atoms with Crippen LogP contribution < -0.4 is 0 Å². The zero-order chi connectivity index (χ0) is 9.07. The Morgan fingerprint density at radius 2 is 2.09 bits per heavy atom. The molecule has 1 unspecified atom stereocenters. The van der Waals surface area contributed by atoms with E-state index in [4.69, 9.17) is 4.89 Å². The Balaban J connectivity index is 3.94. The van der Waals surface area contributed by atoms with E-state index in [0.29, 0.717) is 0 Å². The Morgan fingerprint density at radius 1 is 1.64 bits per heavy atom. The van der Waals surface area contributed by atoms with Gasteiger partial charge in [0.05, 0.1) is 6.61 Å². The van der Waals surface area contributed by atoms with Crippen LogP contribution in [0.2, 0.25) is 0 Å². The third-order valence-electron chi connectivity index (χ3n) is 0.981. The van der Waals surface area contributed by atoms with E-state index in [9.17, 15) is 9.36 Å². The lowest BCUT2D eigenvalue weighted by molar-refractivity contribution is -0.111. The predicted molar refractivity (Wildman–Crippen MR) is 41.3 cm³/mol. The fraction of sp³-hybridized carbons (Fsp3) is 0.833. The van der Waals surface area contributed by atoms with Gasteiger partial charge in [0, 0.05) is 6.92 Å². The minimum absolute atomic E-state index is 0.132. The molecule has 0 heterocycles. The molecule has 0 aromatic rings. The van der Waals surface area contributed by atoms with Crippen LogP contribution in [0.25, 0.3) is 0 Å². The van der Waals surface area contributed by atoms with Crippen molar-refractivity contribution in [3.05, 3.63) is 0 Å². The van der Waals surface area contributed by atoms with Gasteiger partial charge in [0.2, 0.25) is 5.52 Å². The summed E-state index contributed by atoms with van der Waals surface area (Å²) in [7, 11) is -3.96. The SMILES string of the molecule is CC(=O)P(=O)(O)OCC(C)C. The molecule has 0 saturated carbocycles. The van der Waals surface area contributed by atoms with E-state index in [-0.39, 0.29) is 12.5 Å². The second-order valence-corrected chi connectivity index (χ2v) is 4.66. The van der Waals surface area contributed by atoms with Gasteiger partial charge in [-0.15, -0.1) is 0 Å². The number of carbonyl (C=O) groups excluding carboxylic acids is 1. The van der Waals surface area contributed by atoms with Crippen molar-refractivity contribution in [2.24, 2.45) is 5.92 Å². The number of hydrogen-bond acceptors (Lipinski definition) is 3. The monoisotopic (exact) mass is 180 g/mol. The molecule has 1 atom stereocenters. The molecule has 0 radical (unpaired) electrons. The van der Waals surface area contributed by atoms with Gasteiger partial charge in [0.25, 0.3) is 0 Å². The van der Waals surface area contributed by atoms with E-state index in [1.807, 2.05) is 13.8 Å². The molecule has 0 rings (SSSR count). The summed E-state index contributed by atoms with van der Waals surface area (Å²) >= 11 is 0. The van der Waals surface area contributed by atoms with Crippen LogP contribution in [-0.2, 0) is 13.9 Å². The van der Waals surface area contributed by atoms with Crippen molar-refractivity contribution in [2.45, 2.75) is 20.8 Å². The van der Waals surface area contributed by atoms with E-state index < -0.39 is 13.1 Å². The summed E-state index contributed by atoms with van der Waals surface area (Å²) in [6.07, 6.45) is 0. The second-order valence-electron chi connectivity index (χ2n) is 2.73. The lowest BCUT2D eigenvalue weighted by Gasteiger charge is -2.09. The summed E-state index contributed by atoms with van der Waals surface area (Å²) in [5, 5.41) is 0. The molecule has 0 bridgehead atoms. The molecule has 0 saturated heterocycles. The van der Waals surface area contributed by atoms with Gasteiger partial charge in [-0.1, -0.05) is 13.8 Å². The normalized spacial score (nSPS) is 16.5. The van der Waals surface area contributed by atoms with Gasteiger partial charge >= 0.3 is 7.60 Å². The predicted octanol–water partition coefficient (Wildman–Crippen LogP) is 1.39. The molecule has 4 nitrogen and oxygen atoms in total. The van der Waals surface area contributed by atoms with Crippen molar-refractivity contribution in [1.29, 1.82) is 0 Å². The molecule has 66 valence electrons. The maximum atomic E-state index is 10.8. The molecule has 0 aromatic heterocycles. The first-order chi connectivity index (χ1) is 4.86. The number of carbonyl (C=O) groups is 1. The van der Waals surface area contributed by atoms with Gasteiger partial charge in [-0.3, -0.25) is 9.36 Å². The highest BCUT2D eigenvalue weighted by Gasteiger charge is 2.25. The van der Waals surface area contributed by atoms with Gasteiger partial charge in [-0.2, -0.15) is 0 Å². The summed E-state index contributed by atoms with van der Waals surface area (Å²) in [6, 6.07) is 0. The van der Waals surface area contributed by atoms with E-state index >= 15 is 0 Å². The molecule has 1 N–H and O–H groups in total.